The van der Waals surface area contributed by atoms with Crippen molar-refractivity contribution < 1.29 is 18.0 Å². The fraction of sp³-hybridized carbons (Fsp3) is 0.435. The molecule has 33 heavy (non-hydrogen) atoms. The minimum absolute atomic E-state index is 0.0983. The normalized spacial score (nSPS) is 19.8. The van der Waals surface area contributed by atoms with Gasteiger partial charge in [-0.25, -0.2) is 9.97 Å². The van der Waals surface area contributed by atoms with Crippen molar-refractivity contribution in [2.75, 3.05) is 49.1 Å². The van der Waals surface area contributed by atoms with E-state index in [0.29, 0.717) is 38.4 Å². The van der Waals surface area contributed by atoms with Gasteiger partial charge >= 0.3 is 6.18 Å². The summed E-state index contributed by atoms with van der Waals surface area (Å²) in [6.45, 7) is 3.56. The lowest BCUT2D eigenvalue weighted by Crippen LogP contribution is -2.52. The highest BCUT2D eigenvalue weighted by atomic mass is 32.1. The molecule has 1 atom stereocenters. The number of pyridine rings is 1. The van der Waals surface area contributed by atoms with Gasteiger partial charge < -0.3 is 14.7 Å². The largest absolute Gasteiger partial charge is 0.416 e. The molecule has 4 heterocycles. The van der Waals surface area contributed by atoms with Gasteiger partial charge in [0, 0.05) is 51.2 Å². The number of piperazine rings is 1. The first-order valence-electron chi connectivity index (χ1n) is 11.1. The summed E-state index contributed by atoms with van der Waals surface area (Å²) in [6.07, 6.45) is -0.845. The molecular formula is C23H24F3N5OS. The van der Waals surface area contributed by atoms with E-state index in [0.717, 1.165) is 40.9 Å². The summed E-state index contributed by atoms with van der Waals surface area (Å²) in [5.74, 6) is 0.0291. The Labute approximate surface area is 193 Å². The minimum atomic E-state index is -4.36. The number of amides is 1. The first-order valence-corrected chi connectivity index (χ1v) is 11.9. The molecule has 2 aliphatic rings. The first-order chi connectivity index (χ1) is 15.9. The minimum Gasteiger partial charge on any atom is -0.368 e. The number of carbonyl (C=O) groups excluding carboxylic acids is 1. The number of thiazole rings is 1. The van der Waals surface area contributed by atoms with E-state index in [9.17, 15) is 18.0 Å². The fourth-order valence-electron chi connectivity index (χ4n) is 4.57. The zero-order valence-corrected chi connectivity index (χ0v) is 18.8. The third kappa shape index (κ3) is 4.62. The van der Waals surface area contributed by atoms with Crippen LogP contribution in [0.2, 0.25) is 0 Å². The average Bonchev–Trinajstić information content (AvgIpc) is 3.28. The molecule has 0 unspecified atom stereocenters. The monoisotopic (exact) mass is 475 g/mol. The van der Waals surface area contributed by atoms with Gasteiger partial charge in [0.2, 0.25) is 5.91 Å². The molecule has 0 bridgehead atoms. The van der Waals surface area contributed by atoms with Crippen LogP contribution >= 0.6 is 11.3 Å². The molecule has 2 fully saturated rings. The van der Waals surface area contributed by atoms with Gasteiger partial charge in [-0.05, 0) is 43.2 Å². The van der Waals surface area contributed by atoms with Crippen molar-refractivity contribution in [2.24, 2.45) is 5.92 Å². The Morgan fingerprint density at radius 1 is 1.03 bits per heavy atom. The van der Waals surface area contributed by atoms with E-state index in [-0.39, 0.29) is 11.8 Å². The maximum absolute atomic E-state index is 13.2. The molecule has 0 aliphatic carbocycles. The molecule has 10 heteroatoms. The number of nitrogens with zero attached hydrogens (tertiary/aromatic N) is 5. The van der Waals surface area contributed by atoms with Gasteiger partial charge in [0.15, 0.2) is 5.13 Å². The summed E-state index contributed by atoms with van der Waals surface area (Å²) in [4.78, 5) is 29.1. The van der Waals surface area contributed by atoms with Crippen molar-refractivity contribution >= 4 is 38.4 Å². The molecule has 0 radical (unpaired) electrons. The van der Waals surface area contributed by atoms with E-state index < -0.39 is 11.7 Å². The van der Waals surface area contributed by atoms with Gasteiger partial charge in [-0.1, -0.05) is 17.4 Å². The maximum atomic E-state index is 13.2. The Kier molecular flexibility index (Phi) is 5.86. The van der Waals surface area contributed by atoms with E-state index in [2.05, 4.69) is 14.9 Å². The number of anilines is 2. The molecule has 1 amide bonds. The van der Waals surface area contributed by atoms with E-state index >= 15 is 0 Å². The van der Waals surface area contributed by atoms with Crippen molar-refractivity contribution in [1.82, 2.24) is 14.9 Å². The van der Waals surface area contributed by atoms with Gasteiger partial charge in [-0.2, -0.15) is 13.2 Å². The number of alkyl halides is 3. The lowest BCUT2D eigenvalue weighted by atomic mass is 9.96. The van der Waals surface area contributed by atoms with Crippen LogP contribution in [-0.2, 0) is 11.0 Å². The molecule has 0 spiro atoms. The number of benzene rings is 1. The van der Waals surface area contributed by atoms with Crippen LogP contribution in [0.4, 0.5) is 24.0 Å². The fourth-order valence-corrected chi connectivity index (χ4v) is 5.51. The topological polar surface area (TPSA) is 52.6 Å². The van der Waals surface area contributed by atoms with Crippen LogP contribution in [0.25, 0.3) is 10.3 Å². The Hall–Kier alpha value is -2.88. The molecule has 2 aliphatic heterocycles. The molecule has 2 aromatic heterocycles. The molecule has 2 saturated heterocycles. The highest BCUT2D eigenvalue weighted by molar-refractivity contribution is 7.21. The van der Waals surface area contributed by atoms with Crippen LogP contribution in [0.3, 0.4) is 0 Å². The second kappa shape index (κ2) is 8.81. The standard InChI is InChI=1S/C23H24F3N5OS/c24-23(25,26)17-5-1-6-18(14-17)29-10-12-30(13-11-29)21(32)16-4-3-9-31(15-16)22-28-19-7-2-8-27-20(19)33-22/h1-2,5-8,14,16H,3-4,9-13,15H2/t16-/m1/s1. The smallest absolute Gasteiger partial charge is 0.368 e. The quantitative estimate of drug-likeness (QED) is 0.566. The number of halogens is 3. The van der Waals surface area contributed by atoms with Crippen LogP contribution in [0.5, 0.6) is 0 Å². The third-order valence-corrected chi connectivity index (χ3v) is 7.37. The summed E-state index contributed by atoms with van der Waals surface area (Å²) in [6, 6.07) is 9.21. The van der Waals surface area contributed by atoms with Gasteiger partial charge in [0.1, 0.15) is 10.3 Å². The van der Waals surface area contributed by atoms with Crippen LogP contribution in [0.15, 0.2) is 42.6 Å². The van der Waals surface area contributed by atoms with Crippen molar-refractivity contribution in [1.29, 1.82) is 0 Å². The zero-order chi connectivity index (χ0) is 23.0. The predicted octanol–water partition coefficient (Wildman–Crippen LogP) is 4.28. The number of hydrogen-bond acceptors (Lipinski definition) is 6. The van der Waals surface area contributed by atoms with E-state index in [4.69, 9.17) is 0 Å². The summed E-state index contributed by atoms with van der Waals surface area (Å²) < 4.78 is 39.1. The Bertz CT molecular complexity index is 1110. The maximum Gasteiger partial charge on any atom is 0.416 e. The molecule has 1 aromatic carbocycles. The van der Waals surface area contributed by atoms with Crippen LogP contribution in [0.1, 0.15) is 18.4 Å². The highest BCUT2D eigenvalue weighted by Gasteiger charge is 2.33. The second-order valence-electron chi connectivity index (χ2n) is 8.47. The van der Waals surface area contributed by atoms with Crippen molar-refractivity contribution in [3.05, 3.63) is 48.2 Å². The van der Waals surface area contributed by atoms with Crippen molar-refractivity contribution in [2.45, 2.75) is 19.0 Å². The lowest BCUT2D eigenvalue weighted by molar-refractivity contribution is -0.137. The molecule has 0 N–H and O–H groups in total. The summed E-state index contributed by atoms with van der Waals surface area (Å²) in [7, 11) is 0. The van der Waals surface area contributed by atoms with Gasteiger partial charge in [-0.3, -0.25) is 4.79 Å². The second-order valence-corrected chi connectivity index (χ2v) is 9.43. The van der Waals surface area contributed by atoms with E-state index in [1.807, 2.05) is 21.9 Å². The molecule has 174 valence electrons. The van der Waals surface area contributed by atoms with Crippen LogP contribution in [0, 0.1) is 5.92 Å². The molecule has 5 rings (SSSR count). The Morgan fingerprint density at radius 2 is 1.85 bits per heavy atom. The third-order valence-electron chi connectivity index (χ3n) is 6.33. The zero-order valence-electron chi connectivity index (χ0n) is 18.0. The van der Waals surface area contributed by atoms with Crippen molar-refractivity contribution in [3.63, 3.8) is 0 Å². The predicted molar refractivity (Wildman–Crippen MR) is 123 cm³/mol. The van der Waals surface area contributed by atoms with Crippen molar-refractivity contribution in [3.8, 4) is 0 Å². The van der Waals surface area contributed by atoms with Gasteiger partial charge in [0.05, 0.1) is 11.5 Å². The number of carbonyl (C=O) groups is 1. The number of hydrogen-bond donors (Lipinski definition) is 0. The SMILES string of the molecule is O=C([C@@H]1CCCN(c2nc3cccnc3s2)C1)N1CCN(c2cccc(C(F)(F)F)c2)CC1. The van der Waals surface area contributed by atoms with E-state index in [1.54, 1.807) is 23.6 Å². The average molecular weight is 476 g/mol. The van der Waals surface area contributed by atoms with Crippen LogP contribution < -0.4 is 9.80 Å². The highest BCUT2D eigenvalue weighted by Crippen LogP contribution is 2.33. The molecule has 6 nitrogen and oxygen atoms in total. The first kappa shape index (κ1) is 21.9. The number of aromatic nitrogens is 2. The van der Waals surface area contributed by atoms with Gasteiger partial charge in [0.25, 0.3) is 0 Å². The number of rotatable bonds is 3. The molecule has 3 aromatic rings. The summed E-state index contributed by atoms with van der Waals surface area (Å²) in [5.41, 5.74) is 0.771. The molecular weight excluding hydrogens is 451 g/mol. The Morgan fingerprint density at radius 3 is 2.61 bits per heavy atom. The van der Waals surface area contributed by atoms with E-state index in [1.165, 1.54) is 12.1 Å². The summed E-state index contributed by atoms with van der Waals surface area (Å²) in [5, 5.41) is 0.899. The lowest BCUT2D eigenvalue weighted by Gasteiger charge is -2.39. The molecule has 0 saturated carbocycles. The summed E-state index contributed by atoms with van der Waals surface area (Å²) >= 11 is 1.55. The van der Waals surface area contributed by atoms with Gasteiger partial charge in [-0.15, -0.1) is 0 Å². The number of fused-ring (bicyclic) bond motifs is 1. The van der Waals surface area contributed by atoms with Crippen LogP contribution in [-0.4, -0.2) is 60.0 Å². The Balaban J connectivity index is 1.21. The number of piperidine rings is 1.